The van der Waals surface area contributed by atoms with E-state index in [4.69, 9.17) is 88.8 Å². The normalized spacial score (nSPS) is 12.1. The van der Waals surface area contributed by atoms with Gasteiger partial charge in [-0.05, 0) is 76.9 Å². The number of benzene rings is 2. The predicted octanol–water partition coefficient (Wildman–Crippen LogP) is 6.60. The van der Waals surface area contributed by atoms with Crippen molar-refractivity contribution in [3.63, 3.8) is 0 Å². The number of halogens is 2. The largest absolute Gasteiger partial charge is 0.460 e. The minimum atomic E-state index is -0.995. The van der Waals surface area contributed by atoms with Crippen LogP contribution in [0.4, 0.5) is 9.59 Å². The molecule has 2 rings (SSSR count). The quantitative estimate of drug-likeness (QED) is 0.0217. The minimum absolute atomic E-state index is 0.0722. The molecule has 4 atom stereocenters. The second-order valence-corrected chi connectivity index (χ2v) is 20.9. The van der Waals surface area contributed by atoms with Gasteiger partial charge >= 0.3 is 36.1 Å². The van der Waals surface area contributed by atoms with Crippen LogP contribution in [0.1, 0.15) is 52.7 Å². The number of nitrogens with two attached hydrogens (primary N) is 2. The molecular formula is C49H62Cl2N4O12S4. The molecule has 388 valence electrons. The van der Waals surface area contributed by atoms with Gasteiger partial charge in [-0.2, -0.15) is 0 Å². The number of carbonyl (C=O) groups is 6. The number of alkyl halides is 2. The molecule has 71 heavy (non-hydrogen) atoms. The van der Waals surface area contributed by atoms with E-state index >= 15 is 0 Å². The average Bonchev–Trinajstić information content (AvgIpc) is 3.29. The van der Waals surface area contributed by atoms with Crippen LogP contribution in [0.25, 0.3) is 0 Å². The van der Waals surface area contributed by atoms with Crippen LogP contribution in [0.2, 0.25) is 0 Å². The van der Waals surface area contributed by atoms with Crippen LogP contribution in [0, 0.1) is 49.4 Å². The fourth-order valence-electron chi connectivity index (χ4n) is 4.54. The van der Waals surface area contributed by atoms with Crippen molar-refractivity contribution in [2.24, 2.45) is 11.5 Å². The van der Waals surface area contributed by atoms with E-state index in [9.17, 15) is 28.8 Å². The molecule has 0 bridgehead atoms. The first kappa shape index (κ1) is 66.0. The van der Waals surface area contributed by atoms with E-state index in [-0.39, 0.29) is 35.8 Å². The van der Waals surface area contributed by atoms with E-state index in [1.54, 1.807) is 77.9 Å². The summed E-state index contributed by atoms with van der Waals surface area (Å²) in [6, 6.07) is 9.42. The molecule has 2 aromatic carbocycles. The summed E-state index contributed by atoms with van der Waals surface area (Å²) in [7, 11) is 0. The first-order valence-corrected chi connectivity index (χ1v) is 26.8. The molecule has 2 amide bonds. The van der Waals surface area contributed by atoms with Gasteiger partial charge in [-0.25, -0.2) is 24.0 Å². The number of esters is 4. The molecule has 16 nitrogen and oxygen atoms in total. The summed E-state index contributed by atoms with van der Waals surface area (Å²) in [6.07, 6.45) is 19.3. The predicted molar refractivity (Wildman–Crippen MR) is 287 cm³/mol. The second-order valence-electron chi connectivity index (χ2n) is 15.9. The lowest BCUT2D eigenvalue weighted by Gasteiger charge is -2.23. The number of amides is 2. The fourth-order valence-corrected chi connectivity index (χ4v) is 7.17. The molecule has 0 fully saturated rings. The Morgan fingerprint density at radius 1 is 0.535 bits per heavy atom. The SMILES string of the molecule is C#CCSCC(N)C(=O)OCc1ccc(OC(=O)C(N)CSCC#C)cc1.C#CCSCC(NC(=O)OC(C)(C)C)C(=O)OCc1ccc(OC(=O)C(CSCC#C)NC(=O)OC(C)(C)C)cc1.ClCCl. The van der Waals surface area contributed by atoms with Crippen molar-refractivity contribution in [1.82, 2.24) is 10.6 Å². The number of terminal acetylenes is 4. The summed E-state index contributed by atoms with van der Waals surface area (Å²) in [5.74, 6) is 10.9. The highest BCUT2D eigenvalue weighted by Crippen LogP contribution is 2.18. The standard InChI is InChI=1S/C29H38N2O8S2.C19H22N2O4S2.CH2Cl2/c1-9-15-40-18-22(30-26(34)38-28(3,4)5)24(32)36-17-20-11-13-21(14-12-20)37-25(33)23(19-41-16-10-2)31-27(35)39-29(6,7)8;1-3-9-26-12-16(20)18(22)24-11-14-5-7-15(8-6-14)25-19(23)17(21)13-27-10-4-2;2-1-3/h1-2,11-14,22-23H,15-19H2,3-8H3,(H,30,34)(H,31,35);1-2,5-8,16-17H,9-13,20-21H2;1H2. The van der Waals surface area contributed by atoms with Gasteiger partial charge in [0.15, 0.2) is 0 Å². The number of rotatable bonds is 24. The van der Waals surface area contributed by atoms with Gasteiger partial charge < -0.3 is 50.5 Å². The van der Waals surface area contributed by atoms with Crippen molar-refractivity contribution in [3.8, 4) is 60.9 Å². The maximum absolute atomic E-state index is 12.8. The van der Waals surface area contributed by atoms with Crippen molar-refractivity contribution in [2.45, 2.75) is 90.1 Å². The highest BCUT2D eigenvalue weighted by atomic mass is 35.5. The third-order valence-electron chi connectivity index (χ3n) is 7.51. The van der Waals surface area contributed by atoms with Crippen molar-refractivity contribution in [1.29, 1.82) is 0 Å². The molecule has 0 aliphatic heterocycles. The number of alkyl carbamates (subject to hydrolysis) is 2. The van der Waals surface area contributed by atoms with E-state index in [1.807, 2.05) is 0 Å². The van der Waals surface area contributed by atoms with Gasteiger partial charge in [0.1, 0.15) is 60.1 Å². The number of hydrogen-bond donors (Lipinski definition) is 4. The zero-order chi connectivity index (χ0) is 53.8. The summed E-state index contributed by atoms with van der Waals surface area (Å²) >= 11 is 14.9. The Labute approximate surface area is 445 Å². The van der Waals surface area contributed by atoms with Crippen molar-refractivity contribution in [3.05, 3.63) is 59.7 Å². The Morgan fingerprint density at radius 3 is 1.20 bits per heavy atom. The van der Waals surface area contributed by atoms with Crippen molar-refractivity contribution >= 4 is 106 Å². The Balaban J connectivity index is 0.00000141. The lowest BCUT2D eigenvalue weighted by molar-refractivity contribution is -0.147. The molecule has 6 N–H and O–H groups in total. The summed E-state index contributed by atoms with van der Waals surface area (Å²) in [5.41, 5.74) is 11.3. The van der Waals surface area contributed by atoms with E-state index in [0.29, 0.717) is 45.8 Å². The molecule has 0 radical (unpaired) electrons. The topological polar surface area (TPSA) is 234 Å². The number of thioether (sulfide) groups is 4. The molecule has 4 unspecified atom stereocenters. The Bertz CT molecular complexity index is 2130. The van der Waals surface area contributed by atoms with Gasteiger partial charge in [-0.15, -0.1) is 95.9 Å². The monoisotopic (exact) mass is 1100 g/mol. The highest BCUT2D eigenvalue weighted by molar-refractivity contribution is 8.00. The van der Waals surface area contributed by atoms with Crippen molar-refractivity contribution < 1.29 is 57.2 Å². The lowest BCUT2D eigenvalue weighted by atomic mass is 10.2. The molecule has 0 aliphatic rings. The molecule has 0 saturated heterocycles. The van der Waals surface area contributed by atoms with E-state index in [0.717, 1.165) is 5.56 Å². The number of nitrogens with one attached hydrogen (secondary N) is 2. The van der Waals surface area contributed by atoms with Crippen LogP contribution in [0.3, 0.4) is 0 Å². The van der Waals surface area contributed by atoms with Gasteiger partial charge in [0.25, 0.3) is 0 Å². The van der Waals surface area contributed by atoms with E-state index in [1.165, 1.54) is 59.2 Å². The molecule has 0 aliphatic carbocycles. The van der Waals surface area contributed by atoms with Crippen molar-refractivity contribution in [2.75, 3.05) is 51.4 Å². The number of ether oxygens (including phenoxy) is 6. The number of carbonyl (C=O) groups excluding carboxylic acids is 6. The third-order valence-corrected chi connectivity index (χ3v) is 11.3. The molecule has 0 heterocycles. The van der Waals surface area contributed by atoms with Crippen LogP contribution < -0.4 is 31.6 Å². The van der Waals surface area contributed by atoms with Crippen LogP contribution in [-0.2, 0) is 51.3 Å². The maximum Gasteiger partial charge on any atom is 0.408 e. The Morgan fingerprint density at radius 2 is 0.845 bits per heavy atom. The average molecular weight is 1100 g/mol. The summed E-state index contributed by atoms with van der Waals surface area (Å²) < 4.78 is 31.6. The molecule has 0 spiro atoms. The molecule has 2 aromatic rings. The fraction of sp³-hybridized carbons (Fsp3) is 0.469. The van der Waals surface area contributed by atoms with Crippen LogP contribution in [0.5, 0.6) is 11.5 Å². The first-order chi connectivity index (χ1) is 33.5. The lowest BCUT2D eigenvalue weighted by Crippen LogP contribution is -2.46. The molecule has 22 heteroatoms. The van der Waals surface area contributed by atoms with Gasteiger partial charge in [0.2, 0.25) is 0 Å². The zero-order valence-corrected chi connectivity index (χ0v) is 45.2. The zero-order valence-electron chi connectivity index (χ0n) is 40.5. The second kappa shape index (κ2) is 37.7. The van der Waals surface area contributed by atoms with Gasteiger partial charge in [0.05, 0.1) is 28.4 Å². The summed E-state index contributed by atoms with van der Waals surface area (Å²) in [5, 5.41) is 5.23. The van der Waals surface area contributed by atoms with Gasteiger partial charge in [0, 0.05) is 23.0 Å². The minimum Gasteiger partial charge on any atom is -0.460 e. The highest BCUT2D eigenvalue weighted by Gasteiger charge is 2.28. The first-order valence-electron chi connectivity index (χ1n) is 21.1. The molecular weight excluding hydrogens is 1040 g/mol. The molecule has 0 aromatic heterocycles. The molecule has 0 saturated carbocycles. The Hall–Kier alpha value is -5.00. The van der Waals surface area contributed by atoms with E-state index < -0.39 is 71.4 Å². The van der Waals surface area contributed by atoms with Gasteiger partial charge in [-0.1, -0.05) is 47.9 Å². The smallest absolute Gasteiger partial charge is 0.408 e. The van der Waals surface area contributed by atoms with Crippen LogP contribution in [0.15, 0.2) is 48.5 Å². The Kier molecular flexibility index (Phi) is 35.1. The van der Waals surface area contributed by atoms with Crippen LogP contribution in [-0.4, -0.2) is 123 Å². The number of hydrogen-bond acceptors (Lipinski definition) is 18. The van der Waals surface area contributed by atoms with Crippen LogP contribution >= 0.6 is 70.2 Å². The third kappa shape index (κ3) is 34.1. The maximum atomic E-state index is 12.8. The summed E-state index contributed by atoms with van der Waals surface area (Å²) in [4.78, 5) is 73.5. The summed E-state index contributed by atoms with van der Waals surface area (Å²) in [6.45, 7) is 10.2. The van der Waals surface area contributed by atoms with Gasteiger partial charge in [-0.3, -0.25) is 4.79 Å². The van der Waals surface area contributed by atoms with E-state index in [2.05, 4.69) is 34.3 Å².